The summed E-state index contributed by atoms with van der Waals surface area (Å²) in [5.41, 5.74) is 2.57. The van der Waals surface area contributed by atoms with E-state index in [2.05, 4.69) is 12.2 Å². The molecule has 0 amide bonds. The van der Waals surface area contributed by atoms with Crippen LogP contribution in [0.2, 0.25) is 0 Å². The second kappa shape index (κ2) is 7.80. The first kappa shape index (κ1) is 18.0. The van der Waals surface area contributed by atoms with E-state index in [4.69, 9.17) is 0 Å². The maximum atomic E-state index is 12.7. The lowest BCUT2D eigenvalue weighted by molar-refractivity contribution is 0.453. The van der Waals surface area contributed by atoms with E-state index >= 15 is 0 Å². The molecule has 0 unspecified atom stereocenters. The number of unbranched alkanes of at least 4 members (excludes halogenated alkanes) is 2. The molecule has 1 N–H and O–H groups in total. The first-order valence-electron chi connectivity index (χ1n) is 7.66. The van der Waals surface area contributed by atoms with Crippen LogP contribution in [-0.4, -0.2) is 32.9 Å². The quantitative estimate of drug-likeness (QED) is 0.747. The van der Waals surface area contributed by atoms with Crippen LogP contribution < -0.4 is 5.32 Å². The van der Waals surface area contributed by atoms with E-state index in [-0.39, 0.29) is 0 Å². The lowest BCUT2D eigenvalue weighted by Crippen LogP contribution is -2.29. The highest BCUT2D eigenvalue weighted by atomic mass is 32.2. The molecule has 1 rings (SSSR count). The number of nitrogens with zero attached hydrogens (tertiary/aromatic N) is 1. The van der Waals surface area contributed by atoms with Gasteiger partial charge in [-0.25, -0.2) is 12.7 Å². The second-order valence-electron chi connectivity index (χ2n) is 5.50. The number of aryl methyl sites for hydroxylation is 2. The summed E-state index contributed by atoms with van der Waals surface area (Å²) in [6.45, 7) is 9.26. The molecule has 1 aromatic rings. The molecule has 0 atom stereocenters. The Morgan fingerprint density at radius 1 is 1.10 bits per heavy atom. The zero-order chi connectivity index (χ0) is 16.0. The Morgan fingerprint density at radius 2 is 1.67 bits per heavy atom. The van der Waals surface area contributed by atoms with Crippen molar-refractivity contribution in [2.75, 3.05) is 25.5 Å². The predicted molar refractivity (Wildman–Crippen MR) is 89.4 cm³/mol. The number of rotatable bonds is 8. The number of nitrogens with one attached hydrogen (secondary N) is 1. The lowest BCUT2D eigenvalue weighted by atomic mass is 10.1. The van der Waals surface area contributed by atoms with Gasteiger partial charge in [-0.2, -0.15) is 0 Å². The van der Waals surface area contributed by atoms with Gasteiger partial charge in [0.05, 0.1) is 4.90 Å². The van der Waals surface area contributed by atoms with Crippen molar-refractivity contribution in [3.8, 4) is 0 Å². The summed E-state index contributed by atoms with van der Waals surface area (Å²) in [5, 5.41) is 3.23. The van der Waals surface area contributed by atoms with E-state index in [0.717, 1.165) is 42.6 Å². The van der Waals surface area contributed by atoms with Crippen LogP contribution in [0.15, 0.2) is 17.0 Å². The molecule has 0 aliphatic rings. The van der Waals surface area contributed by atoms with Crippen molar-refractivity contribution in [1.29, 1.82) is 0 Å². The smallest absolute Gasteiger partial charge is 0.243 e. The minimum atomic E-state index is -3.41. The van der Waals surface area contributed by atoms with Crippen LogP contribution in [0.4, 0.5) is 5.69 Å². The topological polar surface area (TPSA) is 49.4 Å². The first-order chi connectivity index (χ1) is 9.84. The minimum absolute atomic E-state index is 0.447. The molecule has 0 aliphatic heterocycles. The number of benzene rings is 1. The Balaban J connectivity index is 3.08. The van der Waals surface area contributed by atoms with Crippen LogP contribution in [0, 0.1) is 13.8 Å². The van der Waals surface area contributed by atoms with Gasteiger partial charge in [0.25, 0.3) is 0 Å². The number of sulfonamides is 1. The van der Waals surface area contributed by atoms with Crippen LogP contribution in [0.3, 0.4) is 0 Å². The third-order valence-electron chi connectivity index (χ3n) is 3.59. The Kier molecular flexibility index (Phi) is 6.68. The van der Waals surface area contributed by atoms with Gasteiger partial charge in [0.15, 0.2) is 0 Å². The summed E-state index contributed by atoms with van der Waals surface area (Å²) in [6.07, 6.45) is 3.04. The summed E-state index contributed by atoms with van der Waals surface area (Å²) >= 11 is 0. The zero-order valence-electron chi connectivity index (χ0n) is 13.9. The van der Waals surface area contributed by atoms with E-state index in [1.165, 1.54) is 4.31 Å². The van der Waals surface area contributed by atoms with Gasteiger partial charge in [-0.05, 0) is 50.5 Å². The molecular weight excluding hydrogens is 284 g/mol. The molecule has 0 spiro atoms. The second-order valence-corrected chi connectivity index (χ2v) is 7.48. The fourth-order valence-electron chi connectivity index (χ4n) is 2.52. The van der Waals surface area contributed by atoms with E-state index in [1.54, 1.807) is 7.05 Å². The highest BCUT2D eigenvalue weighted by molar-refractivity contribution is 7.89. The number of anilines is 1. The normalized spacial score (nSPS) is 11.9. The molecule has 21 heavy (non-hydrogen) atoms. The fraction of sp³-hybridized carbons (Fsp3) is 0.625. The van der Waals surface area contributed by atoms with Crippen LogP contribution in [0.25, 0.3) is 0 Å². The van der Waals surface area contributed by atoms with Gasteiger partial charge < -0.3 is 5.32 Å². The Labute approximate surface area is 129 Å². The van der Waals surface area contributed by atoms with Gasteiger partial charge in [0.1, 0.15) is 0 Å². The maximum absolute atomic E-state index is 12.7. The van der Waals surface area contributed by atoms with Crippen molar-refractivity contribution in [2.24, 2.45) is 0 Å². The third-order valence-corrected chi connectivity index (χ3v) is 5.75. The minimum Gasteiger partial charge on any atom is -0.385 e. The summed E-state index contributed by atoms with van der Waals surface area (Å²) < 4.78 is 27.0. The Bertz CT molecular complexity index is 545. The third kappa shape index (κ3) is 4.45. The van der Waals surface area contributed by atoms with Crippen molar-refractivity contribution < 1.29 is 8.42 Å². The van der Waals surface area contributed by atoms with E-state index < -0.39 is 10.0 Å². The average Bonchev–Trinajstić information content (AvgIpc) is 2.38. The molecule has 4 nitrogen and oxygen atoms in total. The average molecular weight is 312 g/mol. The monoisotopic (exact) mass is 312 g/mol. The maximum Gasteiger partial charge on any atom is 0.243 e. The SMILES string of the molecule is CCCCCN(C)S(=O)(=O)c1c(C)cc(NCC)cc1C. The first-order valence-corrected chi connectivity index (χ1v) is 9.10. The van der Waals surface area contributed by atoms with Crippen LogP contribution in [-0.2, 0) is 10.0 Å². The van der Waals surface area contributed by atoms with Crippen molar-refractivity contribution in [1.82, 2.24) is 4.31 Å². The highest BCUT2D eigenvalue weighted by Gasteiger charge is 2.24. The molecule has 120 valence electrons. The standard InChI is InChI=1S/C16H28N2O2S/c1-6-8-9-10-18(5)21(19,20)16-13(3)11-15(17-7-2)12-14(16)4/h11-12,17H,6-10H2,1-5H3. The van der Waals surface area contributed by atoms with Crippen LogP contribution in [0.1, 0.15) is 44.2 Å². The van der Waals surface area contributed by atoms with E-state index in [9.17, 15) is 8.42 Å². The largest absolute Gasteiger partial charge is 0.385 e. The molecule has 0 aromatic heterocycles. The van der Waals surface area contributed by atoms with Gasteiger partial charge in [-0.1, -0.05) is 19.8 Å². The summed E-state index contributed by atoms with van der Waals surface area (Å²) in [5.74, 6) is 0. The fourth-order valence-corrected chi connectivity index (χ4v) is 4.14. The lowest BCUT2D eigenvalue weighted by Gasteiger charge is -2.21. The molecule has 0 saturated carbocycles. The Morgan fingerprint density at radius 3 is 2.14 bits per heavy atom. The molecule has 5 heteroatoms. The molecule has 0 saturated heterocycles. The van der Waals surface area contributed by atoms with Crippen molar-refractivity contribution in [3.63, 3.8) is 0 Å². The van der Waals surface area contributed by atoms with Crippen LogP contribution in [0.5, 0.6) is 0 Å². The number of hydrogen-bond acceptors (Lipinski definition) is 3. The molecule has 1 aromatic carbocycles. The number of hydrogen-bond donors (Lipinski definition) is 1. The molecule has 0 aliphatic carbocycles. The van der Waals surface area contributed by atoms with Gasteiger partial charge in [0.2, 0.25) is 10.0 Å². The van der Waals surface area contributed by atoms with Gasteiger partial charge >= 0.3 is 0 Å². The van der Waals surface area contributed by atoms with E-state index in [0.29, 0.717) is 11.4 Å². The summed E-state index contributed by atoms with van der Waals surface area (Å²) in [7, 11) is -1.74. The van der Waals surface area contributed by atoms with Gasteiger partial charge in [0, 0.05) is 25.8 Å². The van der Waals surface area contributed by atoms with Crippen molar-refractivity contribution in [2.45, 2.75) is 51.9 Å². The van der Waals surface area contributed by atoms with Gasteiger partial charge in [-0.15, -0.1) is 0 Å². The predicted octanol–water partition coefficient (Wildman–Crippen LogP) is 3.55. The van der Waals surface area contributed by atoms with Crippen LogP contribution >= 0.6 is 0 Å². The molecule has 0 bridgehead atoms. The summed E-state index contributed by atoms with van der Waals surface area (Å²) in [6, 6.07) is 3.81. The molecular formula is C16H28N2O2S. The molecule has 0 fully saturated rings. The summed E-state index contributed by atoms with van der Waals surface area (Å²) in [4.78, 5) is 0.447. The highest BCUT2D eigenvalue weighted by Crippen LogP contribution is 2.27. The van der Waals surface area contributed by atoms with E-state index in [1.807, 2.05) is 32.9 Å². The van der Waals surface area contributed by atoms with Gasteiger partial charge in [-0.3, -0.25) is 0 Å². The van der Waals surface area contributed by atoms with Crippen molar-refractivity contribution in [3.05, 3.63) is 23.3 Å². The molecule has 0 radical (unpaired) electrons. The Hall–Kier alpha value is -1.07. The van der Waals surface area contributed by atoms with Crippen molar-refractivity contribution >= 4 is 15.7 Å². The molecule has 0 heterocycles. The zero-order valence-corrected chi connectivity index (χ0v) is 14.7.